The Bertz CT molecular complexity index is 235. The quantitative estimate of drug-likeness (QED) is 0.300. The molecule has 0 saturated carbocycles. The molecule has 0 aliphatic heterocycles. The highest BCUT2D eigenvalue weighted by Crippen LogP contribution is 2.00. The molecule has 0 heterocycles. The number of esters is 2. The molecule has 0 fully saturated rings. The first-order valence-corrected chi connectivity index (χ1v) is 4.43. The largest absolute Gasteiger partial charge is 0.462 e. The summed E-state index contributed by atoms with van der Waals surface area (Å²) in [5.41, 5.74) is 4.85. The SMILES string of the molecule is CCCOC(=O)/C(=C\N)C(=O)OCC. The van der Waals surface area contributed by atoms with Crippen LogP contribution in [-0.4, -0.2) is 25.2 Å². The monoisotopic (exact) mass is 201 g/mol. The first-order valence-electron chi connectivity index (χ1n) is 4.43. The molecule has 80 valence electrons. The van der Waals surface area contributed by atoms with Gasteiger partial charge in [-0.15, -0.1) is 0 Å². The molecule has 0 amide bonds. The fraction of sp³-hybridized carbons (Fsp3) is 0.556. The van der Waals surface area contributed by atoms with Gasteiger partial charge in [0.2, 0.25) is 0 Å². The lowest BCUT2D eigenvalue weighted by molar-refractivity contribution is -0.146. The molecule has 2 N–H and O–H groups in total. The maximum atomic E-state index is 11.2. The van der Waals surface area contributed by atoms with E-state index in [-0.39, 0.29) is 18.8 Å². The molecule has 0 aliphatic carbocycles. The Balaban J connectivity index is 4.27. The second-order valence-electron chi connectivity index (χ2n) is 2.44. The second kappa shape index (κ2) is 6.94. The molecule has 5 heteroatoms. The van der Waals surface area contributed by atoms with Crippen molar-refractivity contribution in [3.63, 3.8) is 0 Å². The van der Waals surface area contributed by atoms with Crippen molar-refractivity contribution in [2.24, 2.45) is 5.73 Å². The Kier molecular flexibility index (Phi) is 6.19. The Labute approximate surface area is 82.9 Å². The maximum absolute atomic E-state index is 11.2. The van der Waals surface area contributed by atoms with Gasteiger partial charge >= 0.3 is 11.9 Å². The van der Waals surface area contributed by atoms with Crippen LogP contribution in [0.25, 0.3) is 0 Å². The zero-order valence-corrected chi connectivity index (χ0v) is 8.41. The van der Waals surface area contributed by atoms with Crippen molar-refractivity contribution in [2.75, 3.05) is 13.2 Å². The van der Waals surface area contributed by atoms with Crippen LogP contribution in [0.4, 0.5) is 0 Å². The second-order valence-corrected chi connectivity index (χ2v) is 2.44. The van der Waals surface area contributed by atoms with Gasteiger partial charge in [0.05, 0.1) is 13.2 Å². The number of carbonyl (C=O) groups is 2. The van der Waals surface area contributed by atoms with Crippen LogP contribution in [0.1, 0.15) is 20.3 Å². The summed E-state index contributed by atoms with van der Waals surface area (Å²) in [6, 6.07) is 0. The number of carbonyl (C=O) groups excluding carboxylic acids is 2. The highest BCUT2D eigenvalue weighted by atomic mass is 16.6. The lowest BCUT2D eigenvalue weighted by Crippen LogP contribution is -2.19. The van der Waals surface area contributed by atoms with Crippen LogP contribution < -0.4 is 5.73 Å². The summed E-state index contributed by atoms with van der Waals surface area (Å²) >= 11 is 0. The average molecular weight is 201 g/mol. The van der Waals surface area contributed by atoms with Crippen LogP contribution in [0.15, 0.2) is 11.8 Å². The van der Waals surface area contributed by atoms with Crippen molar-refractivity contribution in [1.82, 2.24) is 0 Å². The van der Waals surface area contributed by atoms with Gasteiger partial charge in [0.15, 0.2) is 5.57 Å². The molecule has 0 bridgehead atoms. The molecule has 5 nitrogen and oxygen atoms in total. The van der Waals surface area contributed by atoms with Gasteiger partial charge in [-0.05, 0) is 13.3 Å². The van der Waals surface area contributed by atoms with Crippen LogP contribution in [-0.2, 0) is 19.1 Å². The lowest BCUT2D eigenvalue weighted by Gasteiger charge is -2.05. The van der Waals surface area contributed by atoms with E-state index in [2.05, 4.69) is 4.74 Å². The van der Waals surface area contributed by atoms with Crippen molar-refractivity contribution in [3.8, 4) is 0 Å². The normalized spacial score (nSPS) is 10.9. The predicted molar refractivity (Wildman–Crippen MR) is 50.2 cm³/mol. The van der Waals surface area contributed by atoms with Gasteiger partial charge < -0.3 is 15.2 Å². The van der Waals surface area contributed by atoms with Gasteiger partial charge in [0.1, 0.15) is 0 Å². The molecule has 0 aromatic rings. The summed E-state index contributed by atoms with van der Waals surface area (Å²) < 4.78 is 9.33. The summed E-state index contributed by atoms with van der Waals surface area (Å²) in [6.07, 6.45) is 1.59. The smallest absolute Gasteiger partial charge is 0.347 e. The third kappa shape index (κ3) is 3.93. The van der Waals surface area contributed by atoms with Crippen LogP contribution in [0.3, 0.4) is 0 Å². The molecule has 0 saturated heterocycles. The van der Waals surface area contributed by atoms with Gasteiger partial charge in [-0.2, -0.15) is 0 Å². The van der Waals surface area contributed by atoms with Crippen LogP contribution in [0, 0.1) is 0 Å². The Morgan fingerprint density at radius 1 is 1.21 bits per heavy atom. The minimum Gasteiger partial charge on any atom is -0.462 e. The van der Waals surface area contributed by atoms with E-state index in [4.69, 9.17) is 10.5 Å². The van der Waals surface area contributed by atoms with Gasteiger partial charge in [0.25, 0.3) is 0 Å². The highest BCUT2D eigenvalue weighted by Gasteiger charge is 2.20. The van der Waals surface area contributed by atoms with E-state index in [1.54, 1.807) is 6.92 Å². The molecule has 14 heavy (non-hydrogen) atoms. The topological polar surface area (TPSA) is 78.6 Å². The van der Waals surface area contributed by atoms with Crippen LogP contribution in [0.2, 0.25) is 0 Å². The van der Waals surface area contributed by atoms with Gasteiger partial charge in [0, 0.05) is 6.20 Å². The number of hydrogen-bond acceptors (Lipinski definition) is 5. The van der Waals surface area contributed by atoms with Gasteiger partial charge in [-0.25, -0.2) is 9.59 Å². The average Bonchev–Trinajstić information content (AvgIpc) is 2.16. The fourth-order valence-corrected chi connectivity index (χ4v) is 0.701. The van der Waals surface area contributed by atoms with Gasteiger partial charge in [-0.1, -0.05) is 6.92 Å². The van der Waals surface area contributed by atoms with Crippen LogP contribution in [0.5, 0.6) is 0 Å². The molecule has 0 unspecified atom stereocenters. The number of rotatable bonds is 5. The van der Waals surface area contributed by atoms with Gasteiger partial charge in [-0.3, -0.25) is 0 Å². The van der Waals surface area contributed by atoms with E-state index in [1.807, 2.05) is 6.92 Å². The number of hydrogen-bond donors (Lipinski definition) is 1. The molecular weight excluding hydrogens is 186 g/mol. The Morgan fingerprint density at radius 2 is 1.79 bits per heavy atom. The fourth-order valence-electron chi connectivity index (χ4n) is 0.701. The Hall–Kier alpha value is -1.52. The van der Waals surface area contributed by atoms with E-state index in [1.165, 1.54) is 0 Å². The minimum absolute atomic E-state index is 0.192. The predicted octanol–water partition coefficient (Wildman–Crippen LogP) is 0.345. The zero-order chi connectivity index (χ0) is 11.0. The summed E-state index contributed by atoms with van der Waals surface area (Å²) in [4.78, 5) is 22.3. The summed E-state index contributed by atoms with van der Waals surface area (Å²) in [7, 11) is 0. The molecule has 0 radical (unpaired) electrons. The van der Waals surface area contributed by atoms with Crippen molar-refractivity contribution in [3.05, 3.63) is 11.8 Å². The first kappa shape index (κ1) is 12.5. The van der Waals surface area contributed by atoms with Crippen molar-refractivity contribution in [1.29, 1.82) is 0 Å². The summed E-state index contributed by atoms with van der Waals surface area (Å²) in [6.45, 7) is 3.94. The van der Waals surface area contributed by atoms with E-state index < -0.39 is 11.9 Å². The van der Waals surface area contributed by atoms with E-state index in [0.29, 0.717) is 6.42 Å². The van der Waals surface area contributed by atoms with Crippen LogP contribution >= 0.6 is 0 Å². The van der Waals surface area contributed by atoms with Crippen molar-refractivity contribution in [2.45, 2.75) is 20.3 Å². The number of nitrogens with two attached hydrogens (primary N) is 1. The third-order valence-corrected chi connectivity index (χ3v) is 1.32. The maximum Gasteiger partial charge on any atom is 0.347 e. The first-order chi connectivity index (χ1) is 6.67. The minimum atomic E-state index is -0.754. The Morgan fingerprint density at radius 3 is 2.21 bits per heavy atom. The zero-order valence-electron chi connectivity index (χ0n) is 8.41. The standard InChI is InChI=1S/C9H15NO4/c1-3-5-14-9(12)7(6-10)8(11)13-4-2/h6H,3-5,10H2,1-2H3/b7-6-. The van der Waals surface area contributed by atoms with E-state index in [9.17, 15) is 9.59 Å². The third-order valence-electron chi connectivity index (χ3n) is 1.32. The molecule has 0 aliphatic rings. The summed E-state index contributed by atoms with van der Waals surface area (Å²) in [5.74, 6) is -1.50. The highest BCUT2D eigenvalue weighted by molar-refractivity contribution is 6.13. The van der Waals surface area contributed by atoms with Crippen molar-refractivity contribution < 1.29 is 19.1 Å². The summed E-state index contributed by atoms with van der Waals surface area (Å²) in [5, 5.41) is 0. The molecule has 0 spiro atoms. The molecular formula is C9H15NO4. The molecule has 0 aromatic carbocycles. The van der Waals surface area contributed by atoms with E-state index in [0.717, 1.165) is 6.20 Å². The molecule has 0 aromatic heterocycles. The lowest BCUT2D eigenvalue weighted by atomic mass is 10.3. The van der Waals surface area contributed by atoms with Crippen molar-refractivity contribution >= 4 is 11.9 Å². The van der Waals surface area contributed by atoms with E-state index >= 15 is 0 Å². The molecule has 0 rings (SSSR count). The molecule has 0 atom stereocenters. The number of ether oxygens (including phenoxy) is 2.